The average Bonchev–Trinajstić information content (AvgIpc) is 2.76. The molecule has 7 heteroatoms. The second kappa shape index (κ2) is 9.02. The molecule has 0 radical (unpaired) electrons. The maximum atomic E-state index is 12.4. The number of benzene rings is 2. The minimum atomic E-state index is -0.521. The van der Waals surface area contributed by atoms with Crippen LogP contribution in [0.4, 0.5) is 10.5 Å². The lowest BCUT2D eigenvalue weighted by atomic mass is 9.85. The van der Waals surface area contributed by atoms with E-state index in [-0.39, 0.29) is 24.3 Å². The van der Waals surface area contributed by atoms with Crippen LogP contribution in [0.25, 0.3) is 10.9 Å². The Morgan fingerprint density at radius 3 is 2.61 bits per heavy atom. The van der Waals surface area contributed by atoms with Crippen LogP contribution in [0.1, 0.15) is 52.3 Å². The highest BCUT2D eigenvalue weighted by molar-refractivity contribution is 6.01. The van der Waals surface area contributed by atoms with Crippen molar-refractivity contribution in [2.75, 3.05) is 5.32 Å². The number of rotatable bonds is 4. The largest absolute Gasteiger partial charge is 0.444 e. The SMILES string of the molecule is Cc1ccc(NC(=O)OCc2ccc3c(C)c(C4CCC(=O)NC4=O)c(C)nc3c2)cc1C. The number of piperidine rings is 1. The van der Waals surface area contributed by atoms with Crippen molar-refractivity contribution < 1.29 is 19.1 Å². The molecular weight excluding hydrogens is 418 g/mol. The van der Waals surface area contributed by atoms with E-state index in [0.717, 1.165) is 44.4 Å². The number of amides is 3. The molecule has 3 amide bonds. The van der Waals surface area contributed by atoms with Gasteiger partial charge in [0.25, 0.3) is 0 Å². The second-order valence-electron chi connectivity index (χ2n) is 8.59. The lowest BCUT2D eigenvalue weighted by Gasteiger charge is -2.24. The zero-order valence-corrected chi connectivity index (χ0v) is 19.2. The van der Waals surface area contributed by atoms with E-state index in [1.165, 1.54) is 0 Å². The van der Waals surface area contributed by atoms with Crippen molar-refractivity contribution in [3.63, 3.8) is 0 Å². The van der Waals surface area contributed by atoms with E-state index in [1.807, 2.05) is 64.1 Å². The molecule has 3 aromatic rings. The number of hydrogen-bond acceptors (Lipinski definition) is 5. The van der Waals surface area contributed by atoms with Gasteiger partial charge in [-0.2, -0.15) is 0 Å². The van der Waals surface area contributed by atoms with E-state index in [4.69, 9.17) is 9.72 Å². The minimum absolute atomic E-state index is 0.112. The normalized spacial score (nSPS) is 15.9. The summed E-state index contributed by atoms with van der Waals surface area (Å²) in [5, 5.41) is 6.11. The molecule has 0 bridgehead atoms. The average molecular weight is 446 g/mol. The molecule has 1 saturated heterocycles. The van der Waals surface area contributed by atoms with Crippen molar-refractivity contribution in [1.29, 1.82) is 0 Å². The Bertz CT molecular complexity index is 1280. The third kappa shape index (κ3) is 4.72. The molecule has 0 spiro atoms. The Balaban J connectivity index is 1.50. The standard InChI is InChI=1S/C26H27N3O4/c1-14-5-7-19(11-15(14)2)28-26(32)33-13-18-6-8-20-16(3)24(17(4)27-22(20)12-18)21-9-10-23(30)29-25(21)31/h5-8,11-12,21H,9-10,13H2,1-4H3,(H,28,32)(H,29,30,31). The Labute approximate surface area is 192 Å². The summed E-state index contributed by atoms with van der Waals surface area (Å²) in [6.45, 7) is 7.97. The highest BCUT2D eigenvalue weighted by Gasteiger charge is 2.31. The predicted octanol–water partition coefficient (Wildman–Crippen LogP) is 4.74. The summed E-state index contributed by atoms with van der Waals surface area (Å²) in [7, 11) is 0. The van der Waals surface area contributed by atoms with Gasteiger partial charge in [0.1, 0.15) is 6.61 Å². The van der Waals surface area contributed by atoms with Crippen LogP contribution >= 0.6 is 0 Å². The molecule has 1 unspecified atom stereocenters. The second-order valence-corrected chi connectivity index (χ2v) is 8.59. The third-order valence-electron chi connectivity index (χ3n) is 6.26. The van der Waals surface area contributed by atoms with Gasteiger partial charge in [0.05, 0.1) is 11.4 Å². The molecule has 1 aromatic heterocycles. The number of fused-ring (bicyclic) bond motifs is 1. The van der Waals surface area contributed by atoms with Crippen LogP contribution in [-0.4, -0.2) is 22.9 Å². The van der Waals surface area contributed by atoms with Crippen molar-refractivity contribution in [2.24, 2.45) is 0 Å². The van der Waals surface area contributed by atoms with E-state index in [0.29, 0.717) is 18.5 Å². The zero-order chi connectivity index (χ0) is 23.7. The van der Waals surface area contributed by atoms with Crippen LogP contribution in [-0.2, 0) is 20.9 Å². The fraction of sp³-hybridized carbons (Fsp3) is 0.308. The zero-order valence-electron chi connectivity index (χ0n) is 19.2. The maximum Gasteiger partial charge on any atom is 0.411 e. The molecule has 0 saturated carbocycles. The van der Waals surface area contributed by atoms with E-state index in [2.05, 4.69) is 10.6 Å². The van der Waals surface area contributed by atoms with Gasteiger partial charge in [-0.15, -0.1) is 0 Å². The number of carbonyl (C=O) groups is 3. The molecule has 2 aromatic carbocycles. The van der Waals surface area contributed by atoms with Crippen LogP contribution in [0.15, 0.2) is 36.4 Å². The smallest absolute Gasteiger partial charge is 0.411 e. The highest BCUT2D eigenvalue weighted by Crippen LogP contribution is 2.33. The number of hydrogen-bond donors (Lipinski definition) is 2. The number of aryl methyl sites for hydroxylation is 4. The molecule has 2 N–H and O–H groups in total. The van der Waals surface area contributed by atoms with Crippen LogP contribution in [0, 0.1) is 27.7 Å². The first-order chi connectivity index (χ1) is 15.7. The van der Waals surface area contributed by atoms with E-state index in [1.54, 1.807) is 0 Å². The molecule has 1 atom stereocenters. The Morgan fingerprint density at radius 1 is 1.09 bits per heavy atom. The number of anilines is 1. The van der Waals surface area contributed by atoms with Gasteiger partial charge in [0.2, 0.25) is 11.8 Å². The number of nitrogens with one attached hydrogen (secondary N) is 2. The summed E-state index contributed by atoms with van der Waals surface area (Å²) in [6.07, 6.45) is 0.293. The minimum Gasteiger partial charge on any atom is -0.444 e. The fourth-order valence-electron chi connectivity index (χ4n) is 4.34. The number of nitrogens with zero attached hydrogens (tertiary/aromatic N) is 1. The van der Waals surface area contributed by atoms with Crippen molar-refractivity contribution in [3.8, 4) is 0 Å². The molecule has 0 aliphatic carbocycles. The summed E-state index contributed by atoms with van der Waals surface area (Å²) in [5.41, 5.74) is 7.15. The number of aromatic nitrogens is 1. The Hall–Kier alpha value is -3.74. The summed E-state index contributed by atoms with van der Waals surface area (Å²) in [4.78, 5) is 40.9. The summed E-state index contributed by atoms with van der Waals surface area (Å²) >= 11 is 0. The van der Waals surface area contributed by atoms with Crippen LogP contribution in [0.5, 0.6) is 0 Å². The first-order valence-corrected chi connectivity index (χ1v) is 11.0. The molecule has 1 aliphatic heterocycles. The van der Waals surface area contributed by atoms with E-state index >= 15 is 0 Å². The maximum absolute atomic E-state index is 12.4. The molecule has 1 aliphatic rings. The van der Waals surface area contributed by atoms with Crippen LogP contribution in [0.2, 0.25) is 0 Å². The van der Waals surface area contributed by atoms with Crippen molar-refractivity contribution >= 4 is 34.5 Å². The van der Waals surface area contributed by atoms with Gasteiger partial charge >= 0.3 is 6.09 Å². The molecule has 7 nitrogen and oxygen atoms in total. The third-order valence-corrected chi connectivity index (χ3v) is 6.26. The number of carbonyl (C=O) groups excluding carboxylic acids is 3. The number of ether oxygens (including phenoxy) is 1. The molecule has 2 heterocycles. The van der Waals surface area contributed by atoms with Crippen LogP contribution < -0.4 is 10.6 Å². The lowest BCUT2D eigenvalue weighted by Crippen LogP contribution is -2.40. The van der Waals surface area contributed by atoms with E-state index in [9.17, 15) is 14.4 Å². The first kappa shape index (κ1) is 22.5. The Kier molecular flexibility index (Phi) is 6.14. The van der Waals surface area contributed by atoms with Crippen molar-refractivity contribution in [3.05, 3.63) is 69.9 Å². The van der Waals surface area contributed by atoms with Crippen LogP contribution in [0.3, 0.4) is 0 Å². The topological polar surface area (TPSA) is 97.4 Å². The van der Waals surface area contributed by atoms with Gasteiger partial charge in [0.15, 0.2) is 0 Å². The van der Waals surface area contributed by atoms with Gasteiger partial charge in [-0.25, -0.2) is 4.79 Å². The first-order valence-electron chi connectivity index (χ1n) is 11.0. The van der Waals surface area contributed by atoms with Crippen molar-refractivity contribution in [1.82, 2.24) is 10.3 Å². The summed E-state index contributed by atoms with van der Waals surface area (Å²) in [6, 6.07) is 11.4. The van der Waals surface area contributed by atoms with Gasteiger partial charge in [-0.05, 0) is 80.1 Å². The molecular formula is C26H27N3O4. The molecule has 4 rings (SSSR count). The van der Waals surface area contributed by atoms with Gasteiger partial charge in [-0.1, -0.05) is 18.2 Å². The monoisotopic (exact) mass is 445 g/mol. The summed E-state index contributed by atoms with van der Waals surface area (Å²) in [5.74, 6) is -0.874. The van der Waals surface area contributed by atoms with Gasteiger partial charge in [-0.3, -0.25) is 25.2 Å². The van der Waals surface area contributed by atoms with Gasteiger partial charge in [0, 0.05) is 23.2 Å². The summed E-state index contributed by atoms with van der Waals surface area (Å²) < 4.78 is 5.39. The van der Waals surface area contributed by atoms with Crippen molar-refractivity contribution in [2.45, 2.75) is 53.1 Å². The fourth-order valence-corrected chi connectivity index (χ4v) is 4.34. The molecule has 1 fully saturated rings. The quantitative estimate of drug-likeness (QED) is 0.566. The predicted molar refractivity (Wildman–Crippen MR) is 126 cm³/mol. The van der Waals surface area contributed by atoms with E-state index < -0.39 is 6.09 Å². The highest BCUT2D eigenvalue weighted by atomic mass is 16.5. The molecule has 33 heavy (non-hydrogen) atoms. The Morgan fingerprint density at radius 2 is 1.88 bits per heavy atom. The molecule has 170 valence electrons. The van der Waals surface area contributed by atoms with Gasteiger partial charge < -0.3 is 4.74 Å². The number of imide groups is 1. The number of pyridine rings is 1. The lowest BCUT2D eigenvalue weighted by molar-refractivity contribution is -0.134.